The van der Waals surface area contributed by atoms with Gasteiger partial charge >= 0.3 is 6.18 Å². The van der Waals surface area contributed by atoms with Crippen LogP contribution in [0.3, 0.4) is 0 Å². The number of nitro benzene ring substituents is 1. The normalized spacial score (nSPS) is 11.7. The highest BCUT2D eigenvalue weighted by atomic mass is 35.5. The second-order valence-corrected chi connectivity index (χ2v) is 7.33. The number of hydrogen-bond acceptors (Lipinski definition) is 6. The van der Waals surface area contributed by atoms with Crippen molar-refractivity contribution in [2.75, 3.05) is 0 Å². The van der Waals surface area contributed by atoms with Gasteiger partial charge in [0, 0.05) is 28.1 Å². The van der Waals surface area contributed by atoms with Crippen LogP contribution in [0.1, 0.15) is 5.82 Å². The van der Waals surface area contributed by atoms with E-state index in [0.717, 1.165) is 29.5 Å². The van der Waals surface area contributed by atoms with Crippen molar-refractivity contribution in [1.82, 2.24) is 14.5 Å². The van der Waals surface area contributed by atoms with E-state index in [1.54, 1.807) is 24.3 Å². The molecule has 0 fully saturated rings. The van der Waals surface area contributed by atoms with Crippen LogP contribution in [0.5, 0.6) is 0 Å². The fourth-order valence-electron chi connectivity index (χ4n) is 2.78. The van der Waals surface area contributed by atoms with Gasteiger partial charge in [-0.2, -0.15) is 13.2 Å². The second-order valence-electron chi connectivity index (χ2n) is 6.05. The van der Waals surface area contributed by atoms with E-state index in [4.69, 9.17) is 11.6 Å². The van der Waals surface area contributed by atoms with E-state index in [1.165, 1.54) is 5.38 Å². The number of alkyl halides is 3. The highest BCUT2D eigenvalue weighted by Crippen LogP contribution is 2.32. The first-order valence-electron chi connectivity index (χ1n) is 8.15. The molecule has 0 saturated heterocycles. The monoisotopic (exact) mass is 452 g/mol. The molecule has 2 aromatic heterocycles. The fraction of sp³-hybridized carbons (Fsp3) is 0.0556. The number of non-ortho nitro benzene ring substituents is 1. The molecule has 0 bridgehead atoms. The van der Waals surface area contributed by atoms with Gasteiger partial charge in [0.25, 0.3) is 11.2 Å². The standard InChI is InChI=1S/C18H8ClF3N4O3S/c19-10-3-1-9(2-4-10)14-8-30-17(24-14)25-15(27)12-6-5-11(26(28)29)7-13(12)23-16(25)18(20,21)22/h1-8H. The van der Waals surface area contributed by atoms with Gasteiger partial charge in [0.15, 0.2) is 5.13 Å². The van der Waals surface area contributed by atoms with Crippen molar-refractivity contribution in [1.29, 1.82) is 0 Å². The molecule has 0 aliphatic rings. The van der Waals surface area contributed by atoms with E-state index in [9.17, 15) is 28.1 Å². The molecule has 0 atom stereocenters. The first-order chi connectivity index (χ1) is 14.1. The molecule has 0 radical (unpaired) electrons. The topological polar surface area (TPSA) is 90.9 Å². The summed E-state index contributed by atoms with van der Waals surface area (Å²) in [4.78, 5) is 30.7. The fourth-order valence-corrected chi connectivity index (χ4v) is 3.73. The maximum atomic E-state index is 13.7. The van der Waals surface area contributed by atoms with Gasteiger partial charge < -0.3 is 0 Å². The maximum absolute atomic E-state index is 13.7. The maximum Gasteiger partial charge on any atom is 0.450 e. The molecule has 0 amide bonds. The van der Waals surface area contributed by atoms with E-state index >= 15 is 0 Å². The lowest BCUT2D eigenvalue weighted by Gasteiger charge is -2.13. The molecule has 12 heteroatoms. The number of halogens is 4. The SMILES string of the molecule is O=c1c2ccc([N+](=O)[O-])cc2nc(C(F)(F)F)n1-c1nc(-c2ccc(Cl)cc2)cs1. The van der Waals surface area contributed by atoms with Crippen LogP contribution in [0.2, 0.25) is 5.02 Å². The summed E-state index contributed by atoms with van der Waals surface area (Å²) in [6, 6.07) is 9.44. The summed E-state index contributed by atoms with van der Waals surface area (Å²) in [5.74, 6) is -1.52. The van der Waals surface area contributed by atoms with E-state index < -0.39 is 33.7 Å². The van der Waals surface area contributed by atoms with Crippen molar-refractivity contribution in [2.45, 2.75) is 6.18 Å². The smallest absolute Gasteiger partial charge is 0.268 e. The van der Waals surface area contributed by atoms with Gasteiger partial charge in [-0.1, -0.05) is 23.7 Å². The predicted octanol–water partition coefficient (Wildman–Crippen LogP) is 5.09. The molecule has 152 valence electrons. The van der Waals surface area contributed by atoms with Crippen molar-refractivity contribution in [3.8, 4) is 16.4 Å². The third kappa shape index (κ3) is 3.53. The van der Waals surface area contributed by atoms with E-state index in [2.05, 4.69) is 9.97 Å². The molecule has 4 rings (SSSR count). The second kappa shape index (κ2) is 7.18. The third-order valence-electron chi connectivity index (χ3n) is 4.14. The van der Waals surface area contributed by atoms with E-state index in [1.807, 2.05) is 0 Å². The summed E-state index contributed by atoms with van der Waals surface area (Å²) in [5, 5.41) is 12.5. The van der Waals surface area contributed by atoms with Gasteiger partial charge in [-0.05, 0) is 18.2 Å². The van der Waals surface area contributed by atoms with Gasteiger partial charge in [0.2, 0.25) is 5.82 Å². The molecular formula is C18H8ClF3N4O3S. The van der Waals surface area contributed by atoms with Crippen molar-refractivity contribution in [3.05, 3.63) is 79.2 Å². The van der Waals surface area contributed by atoms with Crippen LogP contribution in [0.4, 0.5) is 18.9 Å². The Hall–Kier alpha value is -3.31. The summed E-state index contributed by atoms with van der Waals surface area (Å²) in [6.45, 7) is 0. The molecule has 7 nitrogen and oxygen atoms in total. The number of nitro groups is 1. The Labute approximate surface area is 174 Å². The Morgan fingerprint density at radius 2 is 1.80 bits per heavy atom. The Morgan fingerprint density at radius 3 is 2.43 bits per heavy atom. The Morgan fingerprint density at radius 1 is 1.10 bits per heavy atom. The highest BCUT2D eigenvalue weighted by Gasteiger charge is 2.38. The Balaban J connectivity index is 1.95. The lowest BCUT2D eigenvalue weighted by Crippen LogP contribution is -2.28. The van der Waals surface area contributed by atoms with Gasteiger partial charge in [0.05, 0.1) is 21.5 Å². The van der Waals surface area contributed by atoms with Crippen molar-refractivity contribution in [3.63, 3.8) is 0 Å². The predicted molar refractivity (Wildman–Crippen MR) is 105 cm³/mol. The summed E-state index contributed by atoms with van der Waals surface area (Å²) >= 11 is 6.67. The van der Waals surface area contributed by atoms with E-state index in [-0.39, 0.29) is 10.5 Å². The highest BCUT2D eigenvalue weighted by molar-refractivity contribution is 7.12. The number of fused-ring (bicyclic) bond motifs is 1. The molecule has 30 heavy (non-hydrogen) atoms. The van der Waals surface area contributed by atoms with Crippen LogP contribution < -0.4 is 5.56 Å². The van der Waals surface area contributed by atoms with Crippen LogP contribution in [0.25, 0.3) is 27.3 Å². The van der Waals surface area contributed by atoms with Crippen molar-refractivity contribution >= 4 is 39.5 Å². The average molecular weight is 453 g/mol. The molecule has 0 saturated carbocycles. The zero-order valence-electron chi connectivity index (χ0n) is 14.6. The zero-order chi connectivity index (χ0) is 21.6. The number of rotatable bonds is 3. The summed E-state index contributed by atoms with van der Waals surface area (Å²) in [6.07, 6.45) is -5.00. The quantitative estimate of drug-likeness (QED) is 0.319. The Kier molecular flexibility index (Phi) is 4.79. The number of nitrogens with zero attached hydrogens (tertiary/aromatic N) is 4. The van der Waals surface area contributed by atoms with Crippen LogP contribution in [-0.4, -0.2) is 19.5 Å². The van der Waals surface area contributed by atoms with Crippen molar-refractivity contribution < 1.29 is 18.1 Å². The first kappa shape index (κ1) is 20.0. The number of aromatic nitrogens is 3. The molecule has 0 aliphatic heterocycles. The van der Waals surface area contributed by atoms with Gasteiger partial charge in [-0.15, -0.1) is 11.3 Å². The summed E-state index contributed by atoms with van der Waals surface area (Å²) in [5.41, 5.74) is -0.964. The van der Waals surface area contributed by atoms with Gasteiger partial charge in [-0.25, -0.2) is 14.5 Å². The largest absolute Gasteiger partial charge is 0.450 e. The van der Waals surface area contributed by atoms with Crippen LogP contribution in [0.15, 0.2) is 52.6 Å². The summed E-state index contributed by atoms with van der Waals surface area (Å²) < 4.78 is 41.4. The van der Waals surface area contributed by atoms with Crippen LogP contribution in [-0.2, 0) is 6.18 Å². The summed E-state index contributed by atoms with van der Waals surface area (Å²) in [7, 11) is 0. The molecule has 2 heterocycles. The Bertz CT molecular complexity index is 1350. The average Bonchev–Trinajstić information content (AvgIpc) is 3.17. The minimum atomic E-state index is -5.00. The minimum Gasteiger partial charge on any atom is -0.268 e. The lowest BCUT2D eigenvalue weighted by molar-refractivity contribution is -0.384. The lowest BCUT2D eigenvalue weighted by atomic mass is 10.2. The number of benzene rings is 2. The van der Waals surface area contributed by atoms with Crippen LogP contribution >= 0.6 is 22.9 Å². The first-order valence-corrected chi connectivity index (χ1v) is 9.41. The van der Waals surface area contributed by atoms with Gasteiger partial charge in [-0.3, -0.25) is 14.9 Å². The molecule has 2 aromatic carbocycles. The van der Waals surface area contributed by atoms with Crippen LogP contribution in [0, 0.1) is 10.1 Å². The molecule has 0 aliphatic carbocycles. The van der Waals surface area contributed by atoms with Gasteiger partial charge in [0.1, 0.15) is 0 Å². The van der Waals surface area contributed by atoms with Crippen molar-refractivity contribution in [2.24, 2.45) is 0 Å². The molecule has 0 unspecified atom stereocenters. The third-order valence-corrected chi connectivity index (χ3v) is 5.22. The molecular weight excluding hydrogens is 445 g/mol. The molecule has 0 N–H and O–H groups in total. The molecule has 4 aromatic rings. The minimum absolute atomic E-state index is 0.197. The number of thiazole rings is 1. The molecule has 0 spiro atoms. The zero-order valence-corrected chi connectivity index (χ0v) is 16.1. The van der Waals surface area contributed by atoms with E-state index in [0.29, 0.717) is 20.8 Å². The number of hydrogen-bond donors (Lipinski definition) is 0.